The lowest BCUT2D eigenvalue weighted by atomic mass is 10.1. The van der Waals surface area contributed by atoms with Crippen LogP contribution >= 0.6 is 27.5 Å². The molecule has 0 aromatic heterocycles. The zero-order valence-corrected chi connectivity index (χ0v) is 10.9. The van der Waals surface area contributed by atoms with E-state index in [9.17, 15) is 18.0 Å². The highest BCUT2D eigenvalue weighted by Crippen LogP contribution is 2.39. The maximum atomic E-state index is 12.5. The van der Waals surface area contributed by atoms with E-state index in [0.717, 1.165) is 6.07 Å². The molecule has 0 spiro atoms. The Morgan fingerprint density at radius 3 is 2.53 bits per heavy atom. The molecule has 1 rings (SSSR count). The van der Waals surface area contributed by atoms with Crippen molar-refractivity contribution in [2.75, 3.05) is 7.11 Å². The second kappa shape index (κ2) is 5.27. The van der Waals surface area contributed by atoms with Gasteiger partial charge in [0.05, 0.1) is 24.1 Å². The van der Waals surface area contributed by atoms with E-state index in [0.29, 0.717) is 5.56 Å². The van der Waals surface area contributed by atoms with Gasteiger partial charge in [0.2, 0.25) is 0 Å². The quantitative estimate of drug-likeness (QED) is 0.770. The van der Waals surface area contributed by atoms with Crippen molar-refractivity contribution < 1.29 is 22.7 Å². The maximum absolute atomic E-state index is 12.5. The van der Waals surface area contributed by atoms with Crippen molar-refractivity contribution in [3.8, 4) is 0 Å². The summed E-state index contributed by atoms with van der Waals surface area (Å²) in [6.07, 6.45) is -4.67. The number of alkyl halides is 3. The van der Waals surface area contributed by atoms with Crippen LogP contribution in [0.25, 0.3) is 0 Å². The second-order valence-corrected chi connectivity index (χ2v) is 4.32. The van der Waals surface area contributed by atoms with E-state index in [2.05, 4.69) is 20.7 Å². The third-order valence-electron chi connectivity index (χ3n) is 2.03. The largest absolute Gasteiger partial charge is 0.469 e. The first kappa shape index (κ1) is 14.3. The molecular weight excluding hydrogens is 324 g/mol. The Bertz CT molecular complexity index is 446. The van der Waals surface area contributed by atoms with Gasteiger partial charge < -0.3 is 4.74 Å². The molecule has 17 heavy (non-hydrogen) atoms. The molecule has 2 nitrogen and oxygen atoms in total. The van der Waals surface area contributed by atoms with Crippen molar-refractivity contribution >= 4 is 33.5 Å². The summed E-state index contributed by atoms with van der Waals surface area (Å²) in [6.45, 7) is 0. The molecule has 7 heteroatoms. The number of hydrogen-bond acceptors (Lipinski definition) is 2. The van der Waals surface area contributed by atoms with Crippen molar-refractivity contribution in [3.05, 3.63) is 32.8 Å². The van der Waals surface area contributed by atoms with Gasteiger partial charge in [0.1, 0.15) is 0 Å². The topological polar surface area (TPSA) is 26.3 Å². The zero-order valence-electron chi connectivity index (χ0n) is 8.57. The van der Waals surface area contributed by atoms with Gasteiger partial charge >= 0.3 is 12.1 Å². The summed E-state index contributed by atoms with van der Waals surface area (Å²) in [6, 6.07) is 2.03. The first-order valence-corrected chi connectivity index (χ1v) is 5.55. The van der Waals surface area contributed by atoms with Crippen molar-refractivity contribution in [1.29, 1.82) is 0 Å². The highest BCUT2D eigenvalue weighted by atomic mass is 79.9. The fraction of sp³-hybridized carbons (Fsp3) is 0.300. The number of hydrogen-bond donors (Lipinski definition) is 0. The number of rotatable bonds is 2. The van der Waals surface area contributed by atoms with Gasteiger partial charge in [-0.2, -0.15) is 13.2 Å². The van der Waals surface area contributed by atoms with Crippen LogP contribution in [0.3, 0.4) is 0 Å². The van der Waals surface area contributed by atoms with E-state index in [1.54, 1.807) is 0 Å². The second-order valence-electron chi connectivity index (χ2n) is 3.15. The molecular formula is C10H7BrClF3O2. The third kappa shape index (κ3) is 3.35. The molecule has 1 aromatic carbocycles. The van der Waals surface area contributed by atoms with E-state index >= 15 is 0 Å². The predicted octanol–water partition coefficient (Wildman–Crippen LogP) is 3.84. The van der Waals surface area contributed by atoms with Gasteiger partial charge in [-0.3, -0.25) is 4.79 Å². The Morgan fingerprint density at radius 2 is 2.06 bits per heavy atom. The molecule has 0 aliphatic rings. The third-order valence-corrected chi connectivity index (χ3v) is 3.56. The SMILES string of the molecule is COC(=O)Cc1ccc(C(F)(F)F)c(Cl)c1Br. The molecule has 0 atom stereocenters. The highest BCUT2D eigenvalue weighted by molar-refractivity contribution is 9.10. The molecule has 0 N–H and O–H groups in total. The van der Waals surface area contributed by atoms with Crippen LogP contribution in [0.5, 0.6) is 0 Å². The minimum Gasteiger partial charge on any atom is -0.469 e. The molecule has 0 aliphatic heterocycles. The van der Waals surface area contributed by atoms with Crippen LogP contribution in [0.15, 0.2) is 16.6 Å². The summed E-state index contributed by atoms with van der Waals surface area (Å²) in [7, 11) is 1.20. The van der Waals surface area contributed by atoms with Crippen molar-refractivity contribution in [2.24, 2.45) is 0 Å². The lowest BCUT2D eigenvalue weighted by molar-refractivity contribution is -0.139. The van der Waals surface area contributed by atoms with Crippen LogP contribution in [0.4, 0.5) is 13.2 Å². The lowest BCUT2D eigenvalue weighted by Crippen LogP contribution is -2.09. The molecule has 0 heterocycles. The van der Waals surface area contributed by atoms with E-state index in [-0.39, 0.29) is 10.9 Å². The molecule has 0 saturated heterocycles. The number of ether oxygens (including phenoxy) is 1. The lowest BCUT2D eigenvalue weighted by Gasteiger charge is -2.12. The Morgan fingerprint density at radius 1 is 1.47 bits per heavy atom. The normalized spacial score (nSPS) is 11.4. The number of carbonyl (C=O) groups is 1. The van der Waals surface area contributed by atoms with Crippen molar-refractivity contribution in [2.45, 2.75) is 12.6 Å². The first-order valence-electron chi connectivity index (χ1n) is 4.38. The Balaban J connectivity index is 3.15. The molecule has 0 bridgehead atoms. The maximum Gasteiger partial charge on any atom is 0.417 e. The predicted molar refractivity (Wildman–Crippen MR) is 59.9 cm³/mol. The average Bonchev–Trinajstić information content (AvgIpc) is 2.22. The van der Waals surface area contributed by atoms with Gasteiger partial charge in [0.25, 0.3) is 0 Å². The van der Waals surface area contributed by atoms with Crippen LogP contribution < -0.4 is 0 Å². The van der Waals surface area contributed by atoms with Crippen LogP contribution in [-0.2, 0) is 22.1 Å². The standard InChI is InChI=1S/C10H7BrClF3O2/c1-17-7(16)4-5-2-3-6(10(13,14)15)9(12)8(5)11/h2-3H,4H2,1H3. The molecule has 0 aliphatic carbocycles. The summed E-state index contributed by atoms with van der Waals surface area (Å²) in [5, 5.41) is -0.459. The van der Waals surface area contributed by atoms with Gasteiger partial charge in [0.15, 0.2) is 0 Å². The van der Waals surface area contributed by atoms with Gasteiger partial charge in [-0.25, -0.2) is 0 Å². The Labute approximate surface area is 109 Å². The molecule has 0 radical (unpaired) electrons. The number of halogens is 5. The minimum absolute atomic E-state index is 0.0550. The minimum atomic E-state index is -4.52. The summed E-state index contributed by atoms with van der Waals surface area (Å²) in [5.41, 5.74) is -0.602. The van der Waals surface area contributed by atoms with Gasteiger partial charge in [-0.15, -0.1) is 0 Å². The average molecular weight is 332 g/mol. The van der Waals surface area contributed by atoms with Crippen molar-refractivity contribution in [3.63, 3.8) is 0 Å². The monoisotopic (exact) mass is 330 g/mol. The van der Waals surface area contributed by atoms with E-state index in [1.165, 1.54) is 13.2 Å². The fourth-order valence-electron chi connectivity index (χ4n) is 1.17. The molecule has 0 fully saturated rings. The summed E-state index contributed by atoms with van der Waals surface area (Å²) in [5.74, 6) is -0.554. The number of carbonyl (C=O) groups excluding carboxylic acids is 1. The van der Waals surface area contributed by atoms with Gasteiger partial charge in [0, 0.05) is 4.47 Å². The molecule has 0 saturated carbocycles. The molecule has 0 unspecified atom stereocenters. The highest BCUT2D eigenvalue weighted by Gasteiger charge is 2.34. The number of methoxy groups -OCH3 is 1. The Hall–Kier alpha value is -0.750. The van der Waals surface area contributed by atoms with Gasteiger partial charge in [-0.05, 0) is 27.6 Å². The summed E-state index contributed by atoms with van der Waals surface area (Å²) < 4.78 is 42.0. The summed E-state index contributed by atoms with van der Waals surface area (Å²) >= 11 is 8.53. The van der Waals surface area contributed by atoms with E-state index in [4.69, 9.17) is 11.6 Å². The molecule has 1 aromatic rings. The Kier molecular flexibility index (Phi) is 4.43. The number of benzene rings is 1. The van der Waals surface area contributed by atoms with E-state index in [1.807, 2.05) is 0 Å². The van der Waals surface area contributed by atoms with Crippen LogP contribution in [0, 0.1) is 0 Å². The number of esters is 1. The molecule has 0 amide bonds. The van der Waals surface area contributed by atoms with Crippen molar-refractivity contribution in [1.82, 2.24) is 0 Å². The van der Waals surface area contributed by atoms with Crippen LogP contribution in [0.1, 0.15) is 11.1 Å². The first-order chi connectivity index (χ1) is 7.77. The van der Waals surface area contributed by atoms with Crippen LogP contribution in [-0.4, -0.2) is 13.1 Å². The zero-order chi connectivity index (χ0) is 13.2. The smallest absolute Gasteiger partial charge is 0.417 e. The summed E-state index contributed by atoms with van der Waals surface area (Å²) in [4.78, 5) is 11.0. The van der Waals surface area contributed by atoms with E-state index < -0.39 is 22.7 Å². The fourth-order valence-corrected chi connectivity index (χ4v) is 1.95. The van der Waals surface area contributed by atoms with Gasteiger partial charge in [-0.1, -0.05) is 17.7 Å². The molecule has 94 valence electrons. The van der Waals surface area contributed by atoms with Crippen LogP contribution in [0.2, 0.25) is 5.02 Å².